The molecular formula is C15H10N4O6. The Kier molecular flexibility index (Phi) is 3.17. The second kappa shape index (κ2) is 5.37. The van der Waals surface area contributed by atoms with E-state index < -0.39 is 16.5 Å². The zero-order valence-electron chi connectivity index (χ0n) is 12.5. The molecule has 0 fully saturated rings. The molecule has 1 aliphatic rings. The summed E-state index contributed by atoms with van der Waals surface area (Å²) < 4.78 is 10.3. The summed E-state index contributed by atoms with van der Waals surface area (Å²) in [6, 6.07) is 7.15. The number of aromatic amines is 2. The Balaban J connectivity index is 1.70. The van der Waals surface area contributed by atoms with Gasteiger partial charge < -0.3 is 24.8 Å². The first kappa shape index (κ1) is 14.8. The third-order valence-electron chi connectivity index (χ3n) is 3.71. The molecular weight excluding hydrogens is 332 g/mol. The van der Waals surface area contributed by atoms with Gasteiger partial charge in [0.1, 0.15) is 5.56 Å². The van der Waals surface area contributed by atoms with Crippen LogP contribution in [-0.2, 0) is 0 Å². The minimum absolute atomic E-state index is 0.0604. The molecule has 0 bridgehead atoms. The number of carbonyl (C=O) groups is 1. The Morgan fingerprint density at radius 2 is 1.84 bits per heavy atom. The van der Waals surface area contributed by atoms with Gasteiger partial charge in [0, 0.05) is 11.8 Å². The molecule has 0 aliphatic carbocycles. The van der Waals surface area contributed by atoms with E-state index in [1.165, 1.54) is 6.07 Å². The zero-order valence-corrected chi connectivity index (χ0v) is 12.5. The molecule has 3 aromatic rings. The first-order valence-corrected chi connectivity index (χ1v) is 7.13. The number of aromatic nitrogens is 2. The number of H-pyrrole nitrogens is 2. The normalized spacial score (nSPS) is 12.3. The molecule has 25 heavy (non-hydrogen) atoms. The summed E-state index contributed by atoms with van der Waals surface area (Å²) in [5.41, 5.74) is 0.541. The zero-order chi connectivity index (χ0) is 17.6. The standard InChI is InChI=1S/C15H10N4O6/c20-14(16-7-1-2-9-10(3-7)18-15(21)17-9)8-4-12-13(25-6-24-12)5-11(8)19(22)23/h1-5H,6H2,(H,16,20)(H2,17,18,21). The van der Waals surface area contributed by atoms with Gasteiger partial charge in [0.05, 0.1) is 22.0 Å². The van der Waals surface area contributed by atoms with Gasteiger partial charge in [-0.2, -0.15) is 0 Å². The van der Waals surface area contributed by atoms with Gasteiger partial charge in [-0.1, -0.05) is 0 Å². The maximum absolute atomic E-state index is 12.5. The third kappa shape index (κ3) is 2.55. The van der Waals surface area contributed by atoms with Crippen molar-refractivity contribution in [2.24, 2.45) is 0 Å². The number of ether oxygens (including phenoxy) is 2. The fourth-order valence-electron chi connectivity index (χ4n) is 2.57. The number of imidazole rings is 1. The Hall–Kier alpha value is -3.82. The fourth-order valence-corrected chi connectivity index (χ4v) is 2.57. The lowest BCUT2D eigenvalue weighted by atomic mass is 10.1. The van der Waals surface area contributed by atoms with Crippen molar-refractivity contribution in [3.8, 4) is 11.5 Å². The number of nitrogens with zero attached hydrogens (tertiary/aromatic N) is 1. The predicted molar refractivity (Wildman–Crippen MR) is 86.1 cm³/mol. The predicted octanol–water partition coefficient (Wildman–Crippen LogP) is 1.75. The van der Waals surface area contributed by atoms with Gasteiger partial charge in [-0.05, 0) is 18.2 Å². The van der Waals surface area contributed by atoms with Crippen LogP contribution in [0.1, 0.15) is 10.4 Å². The second-order valence-corrected chi connectivity index (χ2v) is 5.27. The van der Waals surface area contributed by atoms with Crippen molar-refractivity contribution in [1.29, 1.82) is 0 Å². The van der Waals surface area contributed by atoms with Crippen LogP contribution >= 0.6 is 0 Å². The maximum atomic E-state index is 12.5. The summed E-state index contributed by atoms with van der Waals surface area (Å²) in [6.45, 7) is -0.0604. The van der Waals surface area contributed by atoms with E-state index in [0.29, 0.717) is 16.7 Å². The molecule has 2 aromatic carbocycles. The summed E-state index contributed by atoms with van der Waals surface area (Å²) in [5, 5.41) is 13.8. The number of nitrogens with one attached hydrogen (secondary N) is 3. The van der Waals surface area contributed by atoms with Crippen molar-refractivity contribution in [2.45, 2.75) is 0 Å². The van der Waals surface area contributed by atoms with Crippen molar-refractivity contribution < 1.29 is 19.2 Å². The van der Waals surface area contributed by atoms with E-state index in [1.807, 2.05) is 0 Å². The third-order valence-corrected chi connectivity index (χ3v) is 3.71. The largest absolute Gasteiger partial charge is 0.454 e. The first-order chi connectivity index (χ1) is 12.0. The molecule has 0 unspecified atom stereocenters. The number of carbonyl (C=O) groups excluding carboxylic acids is 1. The van der Waals surface area contributed by atoms with E-state index in [0.717, 1.165) is 6.07 Å². The van der Waals surface area contributed by atoms with Crippen molar-refractivity contribution in [3.63, 3.8) is 0 Å². The van der Waals surface area contributed by atoms with Crippen LogP contribution in [0.5, 0.6) is 11.5 Å². The van der Waals surface area contributed by atoms with E-state index in [9.17, 15) is 19.7 Å². The number of nitro benzene ring substituents is 1. The van der Waals surface area contributed by atoms with Gasteiger partial charge >= 0.3 is 5.69 Å². The fraction of sp³-hybridized carbons (Fsp3) is 0.0667. The van der Waals surface area contributed by atoms with E-state index in [4.69, 9.17) is 9.47 Å². The lowest BCUT2D eigenvalue weighted by Crippen LogP contribution is -2.14. The molecule has 1 aromatic heterocycles. The van der Waals surface area contributed by atoms with Crippen LogP contribution < -0.4 is 20.5 Å². The monoisotopic (exact) mass is 342 g/mol. The first-order valence-electron chi connectivity index (χ1n) is 7.13. The number of anilines is 1. The number of amides is 1. The Morgan fingerprint density at radius 3 is 2.60 bits per heavy atom. The summed E-state index contributed by atoms with van der Waals surface area (Å²) >= 11 is 0. The lowest BCUT2D eigenvalue weighted by molar-refractivity contribution is -0.385. The highest BCUT2D eigenvalue weighted by Gasteiger charge is 2.27. The van der Waals surface area contributed by atoms with E-state index in [2.05, 4.69) is 15.3 Å². The summed E-state index contributed by atoms with van der Waals surface area (Å²) in [5.74, 6) is -0.196. The highest BCUT2D eigenvalue weighted by molar-refractivity contribution is 6.08. The molecule has 0 atom stereocenters. The van der Waals surface area contributed by atoms with Crippen LogP contribution in [0.2, 0.25) is 0 Å². The van der Waals surface area contributed by atoms with E-state index in [-0.39, 0.29) is 29.5 Å². The lowest BCUT2D eigenvalue weighted by Gasteiger charge is -2.07. The highest BCUT2D eigenvalue weighted by Crippen LogP contribution is 2.38. The van der Waals surface area contributed by atoms with Crippen LogP contribution in [-0.4, -0.2) is 27.6 Å². The number of hydrogen-bond donors (Lipinski definition) is 3. The van der Waals surface area contributed by atoms with Crippen LogP contribution in [0.25, 0.3) is 11.0 Å². The smallest absolute Gasteiger partial charge is 0.323 e. The number of benzene rings is 2. The molecule has 1 amide bonds. The number of hydrogen-bond acceptors (Lipinski definition) is 6. The molecule has 3 N–H and O–H groups in total. The minimum atomic E-state index is -0.678. The summed E-state index contributed by atoms with van der Waals surface area (Å²) in [7, 11) is 0. The molecule has 0 saturated heterocycles. The van der Waals surface area contributed by atoms with Gasteiger partial charge in [-0.15, -0.1) is 0 Å². The quantitative estimate of drug-likeness (QED) is 0.489. The van der Waals surface area contributed by atoms with Crippen molar-refractivity contribution >= 4 is 28.3 Å². The second-order valence-electron chi connectivity index (χ2n) is 5.27. The Morgan fingerprint density at radius 1 is 1.12 bits per heavy atom. The van der Waals surface area contributed by atoms with Crippen molar-refractivity contribution in [3.05, 3.63) is 56.5 Å². The number of nitro groups is 1. The SMILES string of the molecule is O=C(Nc1ccc2[nH]c(=O)[nH]c2c1)c1cc2c(cc1[N+](=O)[O-])OCO2. The Labute approximate surface area is 138 Å². The molecule has 1 aliphatic heterocycles. The van der Waals surface area contributed by atoms with Crippen LogP contribution in [0.15, 0.2) is 35.1 Å². The topological polar surface area (TPSA) is 139 Å². The van der Waals surface area contributed by atoms with Gasteiger partial charge in [-0.25, -0.2) is 4.79 Å². The maximum Gasteiger partial charge on any atom is 0.323 e. The molecule has 4 rings (SSSR count). The average Bonchev–Trinajstić information content (AvgIpc) is 3.17. The van der Waals surface area contributed by atoms with Crippen LogP contribution in [0, 0.1) is 10.1 Å². The van der Waals surface area contributed by atoms with Crippen molar-refractivity contribution in [2.75, 3.05) is 12.1 Å². The molecule has 126 valence electrons. The van der Waals surface area contributed by atoms with Gasteiger partial charge in [-0.3, -0.25) is 14.9 Å². The van der Waals surface area contributed by atoms with E-state index >= 15 is 0 Å². The van der Waals surface area contributed by atoms with Crippen molar-refractivity contribution in [1.82, 2.24) is 9.97 Å². The van der Waals surface area contributed by atoms with Crippen LogP contribution in [0.4, 0.5) is 11.4 Å². The van der Waals surface area contributed by atoms with Crippen LogP contribution in [0.3, 0.4) is 0 Å². The number of fused-ring (bicyclic) bond motifs is 2. The molecule has 2 heterocycles. The summed E-state index contributed by atoms with van der Waals surface area (Å²) in [4.78, 5) is 39.5. The molecule has 0 radical (unpaired) electrons. The minimum Gasteiger partial charge on any atom is -0.454 e. The summed E-state index contributed by atoms with van der Waals surface area (Å²) in [6.07, 6.45) is 0. The molecule has 0 saturated carbocycles. The Bertz CT molecular complexity index is 1080. The molecule has 0 spiro atoms. The number of rotatable bonds is 3. The molecule has 10 heteroatoms. The van der Waals surface area contributed by atoms with Gasteiger partial charge in [0.15, 0.2) is 11.5 Å². The molecule has 10 nitrogen and oxygen atoms in total. The average molecular weight is 342 g/mol. The van der Waals surface area contributed by atoms with E-state index in [1.54, 1.807) is 18.2 Å². The highest BCUT2D eigenvalue weighted by atomic mass is 16.7. The van der Waals surface area contributed by atoms with Gasteiger partial charge in [0.25, 0.3) is 11.6 Å². The van der Waals surface area contributed by atoms with Gasteiger partial charge in [0.2, 0.25) is 6.79 Å².